The minimum Gasteiger partial charge on any atom is -0.310 e. The van der Waals surface area contributed by atoms with E-state index >= 15 is 0 Å². The Morgan fingerprint density at radius 2 is 2.00 bits per heavy atom. The molecule has 1 aliphatic carbocycles. The average molecular weight is 453 g/mol. The number of hydrogen-bond acceptors (Lipinski definition) is 3. The van der Waals surface area contributed by atoms with Crippen LogP contribution in [0.2, 0.25) is 0 Å². The summed E-state index contributed by atoms with van der Waals surface area (Å²) in [5.74, 6) is -0.511. The summed E-state index contributed by atoms with van der Waals surface area (Å²) >= 11 is 3.36. The van der Waals surface area contributed by atoms with Crippen LogP contribution in [-0.2, 0) is 21.2 Å². The lowest BCUT2D eigenvalue weighted by molar-refractivity contribution is -0.119. The monoisotopic (exact) mass is 452 g/mol. The molecule has 0 bridgehead atoms. The molecule has 2 aromatic carbocycles. The van der Waals surface area contributed by atoms with Crippen LogP contribution < -0.4 is 9.62 Å². The lowest BCUT2D eigenvalue weighted by Crippen LogP contribution is -2.31. The maximum absolute atomic E-state index is 13.8. The smallest absolute Gasteiger partial charge is 0.264 e. The van der Waals surface area contributed by atoms with Crippen LogP contribution in [0.1, 0.15) is 24.0 Å². The van der Waals surface area contributed by atoms with Crippen LogP contribution in [0.15, 0.2) is 39.7 Å². The van der Waals surface area contributed by atoms with E-state index in [1.165, 1.54) is 18.2 Å². The number of amides is 1. The zero-order valence-electron chi connectivity index (χ0n) is 14.6. The highest BCUT2D eigenvalue weighted by molar-refractivity contribution is 9.10. The van der Waals surface area contributed by atoms with Crippen molar-refractivity contribution in [2.45, 2.75) is 31.1 Å². The van der Waals surface area contributed by atoms with Gasteiger partial charge < -0.3 is 4.90 Å². The fourth-order valence-electron chi connectivity index (χ4n) is 3.31. The predicted octanol–water partition coefficient (Wildman–Crippen LogP) is 4.00. The summed E-state index contributed by atoms with van der Waals surface area (Å²) < 4.78 is 43.0. The molecule has 5 nitrogen and oxygen atoms in total. The highest BCUT2D eigenvalue weighted by Gasteiger charge is 2.39. The molecule has 2 aromatic rings. The molecule has 0 spiro atoms. The first-order valence-corrected chi connectivity index (χ1v) is 11.0. The van der Waals surface area contributed by atoms with E-state index in [-0.39, 0.29) is 22.4 Å². The first-order chi connectivity index (χ1) is 12.8. The van der Waals surface area contributed by atoms with Crippen LogP contribution in [0.3, 0.4) is 0 Å². The van der Waals surface area contributed by atoms with Crippen molar-refractivity contribution < 1.29 is 17.6 Å². The van der Waals surface area contributed by atoms with Crippen LogP contribution in [-0.4, -0.2) is 20.9 Å². The van der Waals surface area contributed by atoms with Gasteiger partial charge in [0.15, 0.2) is 0 Å². The molecule has 1 fully saturated rings. The van der Waals surface area contributed by atoms with Crippen molar-refractivity contribution in [3.8, 4) is 0 Å². The van der Waals surface area contributed by atoms with Crippen LogP contribution in [0.4, 0.5) is 15.8 Å². The summed E-state index contributed by atoms with van der Waals surface area (Å²) in [6.07, 6.45) is 2.31. The van der Waals surface area contributed by atoms with E-state index in [4.69, 9.17) is 0 Å². The van der Waals surface area contributed by atoms with Gasteiger partial charge in [0, 0.05) is 16.9 Å². The van der Waals surface area contributed by atoms with E-state index in [0.717, 1.165) is 24.5 Å². The molecule has 1 N–H and O–H groups in total. The van der Waals surface area contributed by atoms with Crippen LogP contribution in [0.25, 0.3) is 0 Å². The molecular weight excluding hydrogens is 435 g/mol. The Morgan fingerprint density at radius 1 is 1.26 bits per heavy atom. The second-order valence-electron chi connectivity index (χ2n) is 7.00. The number of halogens is 2. The van der Waals surface area contributed by atoms with E-state index in [1.54, 1.807) is 11.8 Å². The lowest BCUT2D eigenvalue weighted by Gasteiger charge is -2.21. The van der Waals surface area contributed by atoms with E-state index in [9.17, 15) is 17.6 Å². The van der Waals surface area contributed by atoms with Gasteiger partial charge in [-0.05, 0) is 61.6 Å². The molecule has 27 heavy (non-hydrogen) atoms. The number of carbonyl (C=O) groups excluding carboxylic acids is 1. The average Bonchev–Trinajstić information content (AvgIpc) is 3.36. The van der Waals surface area contributed by atoms with Gasteiger partial charge in [0.25, 0.3) is 10.0 Å². The Balaban J connectivity index is 1.76. The molecular formula is C19H18BrFN2O3S. The van der Waals surface area contributed by atoms with Crippen LogP contribution in [0, 0.1) is 18.7 Å². The molecule has 0 unspecified atom stereocenters. The summed E-state index contributed by atoms with van der Waals surface area (Å²) in [7, 11) is -4.00. The van der Waals surface area contributed by atoms with Gasteiger partial charge in [-0.25, -0.2) is 12.8 Å². The van der Waals surface area contributed by atoms with Gasteiger partial charge >= 0.3 is 0 Å². The van der Waals surface area contributed by atoms with Gasteiger partial charge in [0.1, 0.15) is 10.7 Å². The summed E-state index contributed by atoms with van der Waals surface area (Å²) in [4.78, 5) is 14.2. The molecule has 8 heteroatoms. The molecule has 2 aliphatic rings. The lowest BCUT2D eigenvalue weighted by atomic mass is 10.2. The van der Waals surface area contributed by atoms with Gasteiger partial charge in [-0.2, -0.15) is 0 Å². The van der Waals surface area contributed by atoms with E-state index in [1.807, 2.05) is 6.07 Å². The first kappa shape index (κ1) is 18.4. The summed E-state index contributed by atoms with van der Waals surface area (Å²) in [5, 5.41) is 0. The molecule has 0 atom stereocenters. The van der Waals surface area contributed by atoms with Crippen molar-refractivity contribution in [3.63, 3.8) is 0 Å². The largest absolute Gasteiger partial charge is 0.310 e. The minimum absolute atomic E-state index is 0.00527. The standard InChI is InChI=1S/C19H18BrFN2O3S/c1-11-2-5-15(10-16(11)21)22-27(25,26)17-9-14(20)8-13-6-7-23(18(13)17)19(24)12-3-4-12/h2,5,8-10,12,22H,3-4,6-7H2,1H3. The number of aryl methyl sites for hydroxylation is 1. The number of anilines is 2. The summed E-state index contributed by atoms with van der Waals surface area (Å²) in [6.45, 7) is 2.08. The van der Waals surface area contributed by atoms with Crippen molar-refractivity contribution >= 4 is 43.2 Å². The second kappa shape index (κ2) is 6.60. The van der Waals surface area contributed by atoms with Gasteiger partial charge in [0.05, 0.1) is 11.4 Å². The number of sulfonamides is 1. The van der Waals surface area contributed by atoms with Crippen molar-refractivity contribution in [1.29, 1.82) is 0 Å². The number of hydrogen-bond donors (Lipinski definition) is 1. The SMILES string of the molecule is Cc1ccc(NS(=O)(=O)c2cc(Br)cc3c2N(C(=O)C2CC2)CC3)cc1F. The van der Waals surface area contributed by atoms with Gasteiger partial charge in [-0.1, -0.05) is 22.0 Å². The maximum atomic E-state index is 13.8. The Hall–Kier alpha value is -1.93. The fraction of sp³-hybridized carbons (Fsp3) is 0.316. The Labute approximate surface area is 165 Å². The van der Waals surface area contributed by atoms with Crippen molar-refractivity contribution in [1.82, 2.24) is 0 Å². The number of nitrogens with one attached hydrogen (secondary N) is 1. The number of carbonyl (C=O) groups is 1. The Kier molecular flexibility index (Phi) is 4.50. The van der Waals surface area contributed by atoms with Gasteiger partial charge in [0.2, 0.25) is 5.91 Å². The first-order valence-electron chi connectivity index (χ1n) is 8.69. The second-order valence-corrected chi connectivity index (χ2v) is 9.56. The molecule has 1 saturated carbocycles. The van der Waals surface area contributed by atoms with Crippen molar-refractivity contribution in [2.75, 3.05) is 16.2 Å². The fourth-order valence-corrected chi connectivity index (χ4v) is 5.29. The maximum Gasteiger partial charge on any atom is 0.264 e. The zero-order chi connectivity index (χ0) is 19.3. The van der Waals surface area contributed by atoms with Gasteiger partial charge in [-0.15, -0.1) is 0 Å². The molecule has 0 aromatic heterocycles. The number of rotatable bonds is 4. The summed E-state index contributed by atoms with van der Waals surface area (Å²) in [5.41, 5.74) is 1.83. The van der Waals surface area contributed by atoms with Crippen LogP contribution >= 0.6 is 15.9 Å². The zero-order valence-corrected chi connectivity index (χ0v) is 17.0. The summed E-state index contributed by atoms with van der Waals surface area (Å²) in [6, 6.07) is 7.52. The van der Waals surface area contributed by atoms with E-state index in [0.29, 0.717) is 28.7 Å². The minimum atomic E-state index is -4.00. The Bertz CT molecular complexity index is 1050. The van der Waals surface area contributed by atoms with E-state index in [2.05, 4.69) is 20.7 Å². The predicted molar refractivity (Wildman–Crippen MR) is 105 cm³/mol. The quantitative estimate of drug-likeness (QED) is 0.762. The molecule has 1 aliphatic heterocycles. The highest BCUT2D eigenvalue weighted by Crippen LogP contribution is 2.41. The topological polar surface area (TPSA) is 66.5 Å². The molecule has 1 amide bonds. The van der Waals surface area contributed by atoms with Gasteiger partial charge in [-0.3, -0.25) is 9.52 Å². The third-order valence-corrected chi connectivity index (χ3v) is 6.75. The molecule has 4 rings (SSSR count). The number of nitrogens with zero attached hydrogens (tertiary/aromatic N) is 1. The highest BCUT2D eigenvalue weighted by atomic mass is 79.9. The van der Waals surface area contributed by atoms with Crippen LogP contribution in [0.5, 0.6) is 0 Å². The number of benzene rings is 2. The molecule has 0 saturated heterocycles. The Morgan fingerprint density at radius 3 is 2.67 bits per heavy atom. The third-order valence-electron chi connectivity index (χ3n) is 4.90. The number of fused-ring (bicyclic) bond motifs is 1. The molecule has 1 heterocycles. The van der Waals surface area contributed by atoms with Crippen molar-refractivity contribution in [2.24, 2.45) is 5.92 Å². The van der Waals surface area contributed by atoms with Crippen molar-refractivity contribution in [3.05, 3.63) is 51.7 Å². The molecule has 0 radical (unpaired) electrons. The normalized spacial score (nSPS) is 16.3. The molecule has 142 valence electrons. The third kappa shape index (κ3) is 3.48. The van der Waals surface area contributed by atoms with E-state index < -0.39 is 15.8 Å².